The van der Waals surface area contributed by atoms with E-state index in [0.717, 1.165) is 42.3 Å². The number of carbonyl (C=O) groups excluding carboxylic acids is 1. The second kappa shape index (κ2) is 10.4. The number of rotatable bonds is 5. The average Bonchev–Trinajstić information content (AvgIpc) is 2.67. The maximum Gasteiger partial charge on any atom is 0.253 e. The van der Waals surface area contributed by atoms with Gasteiger partial charge in [0.2, 0.25) is 0 Å². The predicted molar refractivity (Wildman–Crippen MR) is 117 cm³/mol. The van der Waals surface area contributed by atoms with Crippen LogP contribution in [0, 0.1) is 5.92 Å². The molecule has 0 aromatic heterocycles. The summed E-state index contributed by atoms with van der Waals surface area (Å²) in [6.45, 7) is 3.63. The lowest BCUT2D eigenvalue weighted by molar-refractivity contribution is 0.0661. The molecule has 1 saturated heterocycles. The van der Waals surface area contributed by atoms with E-state index in [4.69, 9.17) is 17.3 Å². The first-order chi connectivity index (χ1) is 12.5. The molecule has 6 heteroatoms. The van der Waals surface area contributed by atoms with Gasteiger partial charge in [-0.25, -0.2) is 0 Å². The minimum Gasteiger partial charge on any atom is -0.338 e. The fraction of sp³-hybridized carbons (Fsp3) is 0.381. The molecule has 1 amide bonds. The fourth-order valence-corrected chi connectivity index (χ4v) is 4.23. The molecule has 0 spiro atoms. The van der Waals surface area contributed by atoms with Gasteiger partial charge < -0.3 is 10.6 Å². The van der Waals surface area contributed by atoms with Crippen molar-refractivity contribution < 1.29 is 4.79 Å². The Bertz CT molecular complexity index is 735. The lowest BCUT2D eigenvalue weighted by Gasteiger charge is -2.34. The molecule has 0 bridgehead atoms. The molecule has 2 N–H and O–H groups in total. The van der Waals surface area contributed by atoms with Gasteiger partial charge in [-0.3, -0.25) is 4.79 Å². The topological polar surface area (TPSA) is 46.3 Å². The van der Waals surface area contributed by atoms with E-state index in [1.807, 2.05) is 60.4 Å². The number of piperidine rings is 1. The van der Waals surface area contributed by atoms with Gasteiger partial charge in [0.15, 0.2) is 0 Å². The monoisotopic (exact) mass is 424 g/mol. The summed E-state index contributed by atoms with van der Waals surface area (Å²) in [7, 11) is 0. The first-order valence-corrected chi connectivity index (χ1v) is 10.4. The number of amides is 1. The molecule has 0 saturated carbocycles. The molecule has 0 radical (unpaired) electrons. The maximum atomic E-state index is 12.8. The van der Waals surface area contributed by atoms with Crippen LogP contribution in [0.5, 0.6) is 0 Å². The van der Waals surface area contributed by atoms with E-state index < -0.39 is 0 Å². The second-order valence-corrected chi connectivity index (χ2v) is 8.44. The molecule has 2 unspecified atom stereocenters. The van der Waals surface area contributed by atoms with Gasteiger partial charge in [0.1, 0.15) is 0 Å². The van der Waals surface area contributed by atoms with Crippen LogP contribution >= 0.6 is 35.8 Å². The summed E-state index contributed by atoms with van der Waals surface area (Å²) in [4.78, 5) is 15.9. The lowest BCUT2D eigenvalue weighted by atomic mass is 9.92. The van der Waals surface area contributed by atoms with Crippen LogP contribution in [0.3, 0.4) is 0 Å². The van der Waals surface area contributed by atoms with Crippen molar-refractivity contribution in [1.29, 1.82) is 0 Å². The van der Waals surface area contributed by atoms with E-state index in [0.29, 0.717) is 5.92 Å². The maximum absolute atomic E-state index is 12.8. The van der Waals surface area contributed by atoms with Crippen LogP contribution in [0.1, 0.15) is 35.7 Å². The Labute approximate surface area is 177 Å². The number of nitrogens with zero attached hydrogens (tertiary/aromatic N) is 1. The Morgan fingerprint density at radius 1 is 1.22 bits per heavy atom. The zero-order valence-electron chi connectivity index (χ0n) is 15.4. The highest BCUT2D eigenvalue weighted by molar-refractivity contribution is 7.98. The zero-order chi connectivity index (χ0) is 18.5. The normalized spacial score (nSPS) is 17.9. The van der Waals surface area contributed by atoms with Crippen LogP contribution in [0.4, 0.5) is 0 Å². The highest BCUT2D eigenvalue weighted by Crippen LogP contribution is 2.25. The summed E-state index contributed by atoms with van der Waals surface area (Å²) in [5.74, 6) is 1.39. The van der Waals surface area contributed by atoms with Crippen molar-refractivity contribution in [3.63, 3.8) is 0 Å². The molecule has 2 atom stereocenters. The Morgan fingerprint density at radius 2 is 1.89 bits per heavy atom. The van der Waals surface area contributed by atoms with Crippen molar-refractivity contribution in [2.45, 2.75) is 36.5 Å². The van der Waals surface area contributed by atoms with Crippen molar-refractivity contribution in [3.05, 3.63) is 64.7 Å². The molecule has 0 aliphatic carbocycles. The number of benzene rings is 2. The van der Waals surface area contributed by atoms with Gasteiger partial charge in [0, 0.05) is 40.4 Å². The highest BCUT2D eigenvalue weighted by Gasteiger charge is 2.26. The Morgan fingerprint density at radius 3 is 2.52 bits per heavy atom. The van der Waals surface area contributed by atoms with E-state index in [1.54, 1.807) is 11.8 Å². The summed E-state index contributed by atoms with van der Waals surface area (Å²) in [6, 6.07) is 16.0. The Kier molecular flexibility index (Phi) is 8.49. The van der Waals surface area contributed by atoms with Crippen LogP contribution in [-0.2, 0) is 5.75 Å². The minimum absolute atomic E-state index is 0. The molecule has 3 nitrogen and oxygen atoms in total. The third kappa shape index (κ3) is 6.15. The van der Waals surface area contributed by atoms with Crippen molar-refractivity contribution >= 4 is 41.7 Å². The lowest BCUT2D eigenvalue weighted by Crippen LogP contribution is -2.45. The number of thioether (sulfide) groups is 1. The molecular formula is C21H26Cl2N2OS. The third-order valence-electron chi connectivity index (χ3n) is 4.91. The first-order valence-electron chi connectivity index (χ1n) is 9.05. The highest BCUT2D eigenvalue weighted by atomic mass is 35.5. The second-order valence-electron chi connectivity index (χ2n) is 6.95. The molecular weight excluding hydrogens is 399 g/mol. The van der Waals surface area contributed by atoms with Gasteiger partial charge in [0.05, 0.1) is 0 Å². The van der Waals surface area contributed by atoms with Gasteiger partial charge in [-0.05, 0) is 67.6 Å². The van der Waals surface area contributed by atoms with E-state index in [-0.39, 0.29) is 24.4 Å². The smallest absolute Gasteiger partial charge is 0.253 e. The van der Waals surface area contributed by atoms with Gasteiger partial charge in [-0.2, -0.15) is 0 Å². The Hall–Kier alpha value is -1.20. The molecule has 1 aliphatic heterocycles. The standard InChI is InChI=1S/C21H25ClN2OS.ClH/c1-15(23)18-3-2-12-24(13-18)21(25)17-6-4-16(5-7-17)14-26-20-10-8-19(22)9-11-20;/h4-11,15,18H,2-3,12-14,23H2,1H3;1H. The molecule has 1 heterocycles. The van der Waals surface area contributed by atoms with Gasteiger partial charge in [-0.1, -0.05) is 23.7 Å². The SMILES string of the molecule is CC(N)C1CCCN(C(=O)c2ccc(CSc3ccc(Cl)cc3)cc2)C1.Cl. The van der Waals surface area contributed by atoms with E-state index in [1.165, 1.54) is 10.5 Å². The van der Waals surface area contributed by atoms with Gasteiger partial charge in [0.25, 0.3) is 5.91 Å². The number of hydrogen-bond acceptors (Lipinski definition) is 3. The van der Waals surface area contributed by atoms with Crippen molar-refractivity contribution in [3.8, 4) is 0 Å². The van der Waals surface area contributed by atoms with Gasteiger partial charge >= 0.3 is 0 Å². The van der Waals surface area contributed by atoms with Crippen LogP contribution in [0.2, 0.25) is 5.02 Å². The van der Waals surface area contributed by atoms with E-state index >= 15 is 0 Å². The van der Waals surface area contributed by atoms with E-state index in [9.17, 15) is 4.79 Å². The van der Waals surface area contributed by atoms with Crippen LogP contribution in [-0.4, -0.2) is 29.9 Å². The van der Waals surface area contributed by atoms with Crippen LogP contribution < -0.4 is 5.73 Å². The fourth-order valence-electron chi connectivity index (χ4n) is 3.25. The number of likely N-dealkylation sites (tertiary alicyclic amines) is 1. The summed E-state index contributed by atoms with van der Waals surface area (Å²) < 4.78 is 0. The zero-order valence-corrected chi connectivity index (χ0v) is 17.8. The minimum atomic E-state index is 0. The van der Waals surface area contributed by atoms with Crippen LogP contribution in [0.25, 0.3) is 0 Å². The molecule has 146 valence electrons. The molecule has 3 rings (SSSR count). The average molecular weight is 425 g/mol. The molecule has 1 fully saturated rings. The van der Waals surface area contributed by atoms with Crippen molar-refractivity contribution in [2.75, 3.05) is 13.1 Å². The van der Waals surface area contributed by atoms with Gasteiger partial charge in [-0.15, -0.1) is 24.2 Å². The third-order valence-corrected chi connectivity index (χ3v) is 6.24. The molecule has 1 aliphatic rings. The van der Waals surface area contributed by atoms with E-state index in [2.05, 4.69) is 0 Å². The number of nitrogens with two attached hydrogens (primary N) is 1. The quantitative estimate of drug-likeness (QED) is 0.666. The number of carbonyl (C=O) groups is 1. The largest absolute Gasteiger partial charge is 0.338 e. The molecule has 27 heavy (non-hydrogen) atoms. The first kappa shape index (κ1) is 22.1. The Balaban J connectivity index is 0.00000261. The molecule has 2 aromatic carbocycles. The molecule has 2 aromatic rings. The summed E-state index contributed by atoms with van der Waals surface area (Å²) in [5, 5.41) is 0.751. The predicted octanol–water partition coefficient (Wildman–Crippen LogP) is 5.25. The summed E-state index contributed by atoms with van der Waals surface area (Å²) in [5.41, 5.74) is 7.99. The number of hydrogen-bond donors (Lipinski definition) is 1. The summed E-state index contributed by atoms with van der Waals surface area (Å²) >= 11 is 7.67. The van der Waals surface area contributed by atoms with Crippen molar-refractivity contribution in [2.24, 2.45) is 11.7 Å². The summed E-state index contributed by atoms with van der Waals surface area (Å²) in [6.07, 6.45) is 2.15. The van der Waals surface area contributed by atoms with Crippen molar-refractivity contribution in [1.82, 2.24) is 4.90 Å². The van der Waals surface area contributed by atoms with Crippen LogP contribution in [0.15, 0.2) is 53.4 Å². The number of halogens is 2.